The number of carbonyl (C=O) groups is 4. The van der Waals surface area contributed by atoms with Gasteiger partial charge in [-0.25, -0.2) is 0 Å². The van der Waals surface area contributed by atoms with Crippen molar-refractivity contribution < 1.29 is 29.0 Å². The van der Waals surface area contributed by atoms with Gasteiger partial charge in [-0.3, -0.25) is 29.0 Å². The van der Waals surface area contributed by atoms with Crippen molar-refractivity contribution in [3.8, 4) is 11.5 Å². The molecule has 3 aliphatic carbocycles. The summed E-state index contributed by atoms with van der Waals surface area (Å²) >= 11 is 0. The van der Waals surface area contributed by atoms with Crippen LogP contribution >= 0.6 is 0 Å². The third-order valence-electron chi connectivity index (χ3n) is 10.4. The maximum absolute atomic E-state index is 14.3. The predicted molar refractivity (Wildman–Crippen MR) is 167 cm³/mol. The number of imide groups is 1. The molecule has 8 nitrogen and oxygen atoms in total. The molecule has 0 aromatic heterocycles. The monoisotopic (exact) mass is 606 g/mol. The summed E-state index contributed by atoms with van der Waals surface area (Å²) in [4.78, 5) is 59.2. The summed E-state index contributed by atoms with van der Waals surface area (Å²) in [5.74, 6) is -2.35. The Bertz CT molecular complexity index is 1680. The molecule has 2 amide bonds. The van der Waals surface area contributed by atoms with Crippen molar-refractivity contribution in [2.75, 3.05) is 19.7 Å². The molecule has 2 heterocycles. The molecule has 2 aromatic carbocycles. The number of hydrogen-bond acceptors (Lipinski definition) is 7. The Morgan fingerprint density at radius 3 is 2.44 bits per heavy atom. The molecule has 7 rings (SSSR count). The number of benzene rings is 2. The first-order valence-corrected chi connectivity index (χ1v) is 16.1. The van der Waals surface area contributed by atoms with E-state index in [0.717, 1.165) is 38.0 Å². The van der Waals surface area contributed by atoms with Crippen molar-refractivity contribution in [2.45, 2.75) is 58.0 Å². The molecule has 2 fully saturated rings. The highest BCUT2D eigenvalue weighted by atomic mass is 16.5. The van der Waals surface area contributed by atoms with Gasteiger partial charge in [-0.1, -0.05) is 48.0 Å². The number of fused-ring (bicyclic) bond motifs is 3. The normalized spacial score (nSPS) is 27.2. The lowest BCUT2D eigenvalue weighted by Gasteiger charge is -2.42. The van der Waals surface area contributed by atoms with Crippen molar-refractivity contribution in [1.82, 2.24) is 9.80 Å². The third kappa shape index (κ3) is 4.96. The number of allylic oxidation sites excluding steroid dienone is 6. The smallest absolute Gasteiger partial charge is 0.233 e. The summed E-state index contributed by atoms with van der Waals surface area (Å²) in [6.45, 7) is 6.29. The van der Waals surface area contributed by atoms with Crippen LogP contribution in [0.2, 0.25) is 0 Å². The molecule has 232 valence electrons. The van der Waals surface area contributed by atoms with E-state index in [4.69, 9.17) is 4.74 Å². The largest absolute Gasteiger partial charge is 0.504 e. The zero-order chi connectivity index (χ0) is 31.4. The number of phenols is 1. The second-order valence-corrected chi connectivity index (χ2v) is 12.9. The molecular formula is C37H38N2O6. The minimum absolute atomic E-state index is 0.0102. The number of aromatic hydroxyl groups is 1. The molecule has 1 N–H and O–H groups in total. The SMILES string of the molecule is CCOc1cc(C2C3=CCC4C(=O)N(C5CCN(Cc6ccccc6)CC5)C(=O)C4C3CC3=C2C(=O)C(C)=CC3=O)ccc1O. The zero-order valence-electron chi connectivity index (χ0n) is 25.7. The molecule has 8 heteroatoms. The van der Waals surface area contributed by atoms with E-state index in [1.54, 1.807) is 30.0 Å². The van der Waals surface area contributed by atoms with Crippen molar-refractivity contribution in [3.05, 3.63) is 94.1 Å². The fourth-order valence-corrected chi connectivity index (χ4v) is 8.28. The summed E-state index contributed by atoms with van der Waals surface area (Å²) in [5, 5.41) is 10.4. The van der Waals surface area contributed by atoms with Crippen molar-refractivity contribution in [2.24, 2.45) is 17.8 Å². The number of carbonyl (C=O) groups excluding carboxylic acids is 4. The number of Topliss-reactive ketones (excluding diaryl/α,β-unsaturated/α-hetero) is 1. The number of nitrogens with zero attached hydrogens (tertiary/aromatic N) is 2. The number of amides is 2. The summed E-state index contributed by atoms with van der Waals surface area (Å²) < 4.78 is 5.67. The Hall–Kier alpha value is -4.30. The lowest BCUT2D eigenvalue weighted by atomic mass is 9.59. The van der Waals surface area contributed by atoms with Crippen LogP contribution in [-0.2, 0) is 25.7 Å². The van der Waals surface area contributed by atoms with E-state index in [9.17, 15) is 24.3 Å². The van der Waals surface area contributed by atoms with Crippen LogP contribution in [0, 0.1) is 17.8 Å². The van der Waals surface area contributed by atoms with Crippen LogP contribution in [-0.4, -0.2) is 64.0 Å². The van der Waals surface area contributed by atoms with Gasteiger partial charge in [0.25, 0.3) is 0 Å². The van der Waals surface area contributed by atoms with Gasteiger partial charge in [0.15, 0.2) is 23.1 Å². The molecule has 0 saturated carbocycles. The van der Waals surface area contributed by atoms with Crippen LogP contribution in [0.4, 0.5) is 0 Å². The van der Waals surface area contributed by atoms with Crippen LogP contribution in [0.3, 0.4) is 0 Å². The van der Waals surface area contributed by atoms with Gasteiger partial charge >= 0.3 is 0 Å². The fourth-order valence-electron chi connectivity index (χ4n) is 8.28. The Labute approximate surface area is 263 Å². The number of hydrogen-bond donors (Lipinski definition) is 1. The predicted octanol–water partition coefficient (Wildman–Crippen LogP) is 4.89. The molecule has 45 heavy (non-hydrogen) atoms. The van der Waals surface area contributed by atoms with Gasteiger partial charge < -0.3 is 9.84 Å². The molecule has 5 aliphatic rings. The standard InChI is InChI=1S/C37H38N2O6/c1-3-45-31-18-23(9-12-29(31)40)32-25-10-11-26-33(27(25)19-28-30(41)17-21(2)35(42)34(28)32)37(44)39(36(26)43)24-13-15-38(16-14-24)20-22-7-5-4-6-8-22/h4-10,12,17-18,24,26-27,32-33,40H,3,11,13-16,19-20H2,1-2H3. The third-order valence-corrected chi connectivity index (χ3v) is 10.4. The van der Waals surface area contributed by atoms with E-state index in [1.807, 2.05) is 31.2 Å². The van der Waals surface area contributed by atoms with Gasteiger partial charge in [0.05, 0.1) is 18.4 Å². The van der Waals surface area contributed by atoms with Crippen molar-refractivity contribution in [3.63, 3.8) is 0 Å². The highest BCUT2D eigenvalue weighted by Crippen LogP contribution is 2.56. The van der Waals surface area contributed by atoms with Gasteiger partial charge in [0.1, 0.15) is 0 Å². The molecule has 0 bridgehead atoms. The molecular weight excluding hydrogens is 568 g/mol. The first-order valence-electron chi connectivity index (χ1n) is 16.1. The van der Waals surface area contributed by atoms with Crippen molar-refractivity contribution >= 4 is 23.4 Å². The first-order chi connectivity index (χ1) is 21.8. The fraction of sp³-hybridized carbons (Fsp3) is 0.405. The summed E-state index contributed by atoms with van der Waals surface area (Å²) in [6, 6.07) is 15.2. The minimum atomic E-state index is -0.574. The van der Waals surface area contributed by atoms with Crippen LogP contribution < -0.4 is 4.74 Å². The van der Waals surface area contributed by atoms with Crippen LogP contribution in [0.1, 0.15) is 56.6 Å². The molecule has 0 spiro atoms. The van der Waals surface area contributed by atoms with Crippen LogP contribution in [0.5, 0.6) is 11.5 Å². The average Bonchev–Trinajstić information content (AvgIpc) is 3.30. The van der Waals surface area contributed by atoms with E-state index >= 15 is 0 Å². The minimum Gasteiger partial charge on any atom is -0.504 e. The molecule has 2 aliphatic heterocycles. The Kier molecular flexibility index (Phi) is 7.56. The number of likely N-dealkylation sites (tertiary alicyclic amines) is 2. The molecule has 2 aromatic rings. The number of ketones is 2. The van der Waals surface area contributed by atoms with Crippen LogP contribution in [0.15, 0.2) is 83.0 Å². The number of ether oxygens (including phenoxy) is 1. The van der Waals surface area contributed by atoms with Gasteiger partial charge in [0, 0.05) is 48.3 Å². The first kappa shape index (κ1) is 29.4. The summed E-state index contributed by atoms with van der Waals surface area (Å²) in [6.07, 6.45) is 5.57. The quantitative estimate of drug-likeness (QED) is 0.284. The summed E-state index contributed by atoms with van der Waals surface area (Å²) in [7, 11) is 0. The molecule has 2 saturated heterocycles. The maximum atomic E-state index is 14.3. The molecule has 4 unspecified atom stereocenters. The maximum Gasteiger partial charge on any atom is 0.233 e. The molecule has 0 radical (unpaired) electrons. The lowest BCUT2D eigenvalue weighted by molar-refractivity contribution is -0.144. The van der Waals surface area contributed by atoms with E-state index < -0.39 is 17.8 Å². The average molecular weight is 607 g/mol. The Morgan fingerprint density at radius 2 is 1.71 bits per heavy atom. The van der Waals surface area contributed by atoms with E-state index in [2.05, 4.69) is 17.0 Å². The van der Waals surface area contributed by atoms with E-state index in [1.165, 1.54) is 11.6 Å². The van der Waals surface area contributed by atoms with Crippen LogP contribution in [0.25, 0.3) is 0 Å². The highest BCUT2D eigenvalue weighted by Gasteiger charge is 2.57. The Balaban J connectivity index is 1.19. The van der Waals surface area contributed by atoms with Gasteiger partial charge in [-0.15, -0.1) is 0 Å². The van der Waals surface area contributed by atoms with Gasteiger partial charge in [-0.05, 0) is 74.8 Å². The molecule has 4 atom stereocenters. The van der Waals surface area contributed by atoms with Gasteiger partial charge in [0.2, 0.25) is 11.8 Å². The van der Waals surface area contributed by atoms with Gasteiger partial charge in [-0.2, -0.15) is 0 Å². The Morgan fingerprint density at radius 1 is 0.956 bits per heavy atom. The van der Waals surface area contributed by atoms with E-state index in [0.29, 0.717) is 41.1 Å². The zero-order valence-corrected chi connectivity index (χ0v) is 25.7. The van der Waals surface area contributed by atoms with E-state index in [-0.39, 0.29) is 47.5 Å². The topological polar surface area (TPSA) is 104 Å². The summed E-state index contributed by atoms with van der Waals surface area (Å²) in [5.41, 5.74) is 4.12. The number of phenolic OH excluding ortho intramolecular Hbond substituents is 1. The lowest BCUT2D eigenvalue weighted by Crippen LogP contribution is -2.47. The second-order valence-electron chi connectivity index (χ2n) is 12.9. The van der Waals surface area contributed by atoms with Crippen molar-refractivity contribution in [1.29, 1.82) is 0 Å². The number of rotatable bonds is 6. The second kappa shape index (κ2) is 11.6. The number of piperidine rings is 1. The highest BCUT2D eigenvalue weighted by molar-refractivity contribution is 6.23.